The molecule has 0 fully saturated rings. The van der Waals surface area contributed by atoms with Crippen LogP contribution in [0.4, 0.5) is 0 Å². The van der Waals surface area contributed by atoms with E-state index >= 15 is 0 Å². The minimum atomic E-state index is 0.761. The number of carbonyl (C=O) groups excluding carboxylic acids is 1. The van der Waals surface area contributed by atoms with E-state index in [1.54, 1.807) is 0 Å². The zero-order valence-electron chi connectivity index (χ0n) is 12.6. The molecule has 0 aliphatic rings. The topological polar surface area (TPSA) is 17.1 Å². The molecule has 0 N–H and O–H groups in total. The van der Waals surface area contributed by atoms with Gasteiger partial charge in [0.25, 0.3) is 0 Å². The van der Waals surface area contributed by atoms with Crippen molar-refractivity contribution in [2.24, 2.45) is 0 Å². The first-order valence-electron chi connectivity index (χ1n) is 7.90. The second kappa shape index (κ2) is 11.7. The molecule has 110 valence electrons. The second-order valence-electron chi connectivity index (χ2n) is 5.20. The normalized spacial score (nSPS) is 10.1. The lowest BCUT2D eigenvalue weighted by Crippen LogP contribution is -1.80. The SMILES string of the molecule is CCCCCCCCCCCC#Cc1ccc(C=O)s1. The molecule has 0 atom stereocenters. The van der Waals surface area contributed by atoms with Crippen molar-refractivity contribution < 1.29 is 4.79 Å². The maximum absolute atomic E-state index is 10.5. The predicted octanol–water partition coefficient (Wildman–Crippen LogP) is 5.83. The fraction of sp³-hybridized carbons (Fsp3) is 0.611. The third-order valence-electron chi connectivity index (χ3n) is 3.36. The summed E-state index contributed by atoms with van der Waals surface area (Å²) >= 11 is 1.47. The Hall–Kier alpha value is -1.07. The molecule has 0 aromatic carbocycles. The molecule has 0 unspecified atom stereocenters. The zero-order chi connectivity index (χ0) is 14.5. The van der Waals surface area contributed by atoms with Gasteiger partial charge >= 0.3 is 0 Å². The number of hydrogen-bond donors (Lipinski definition) is 0. The van der Waals surface area contributed by atoms with Crippen LogP contribution in [0.2, 0.25) is 0 Å². The van der Waals surface area contributed by atoms with Gasteiger partial charge in [0.1, 0.15) is 0 Å². The van der Waals surface area contributed by atoms with E-state index in [2.05, 4.69) is 18.8 Å². The van der Waals surface area contributed by atoms with Crippen molar-refractivity contribution in [1.29, 1.82) is 0 Å². The van der Waals surface area contributed by atoms with Gasteiger partial charge in [0.05, 0.1) is 9.75 Å². The highest BCUT2D eigenvalue weighted by Crippen LogP contribution is 2.13. The molecule has 1 aromatic heterocycles. The van der Waals surface area contributed by atoms with Gasteiger partial charge in [0.15, 0.2) is 6.29 Å². The minimum absolute atomic E-state index is 0.761. The van der Waals surface area contributed by atoms with Crippen molar-refractivity contribution in [3.8, 4) is 11.8 Å². The molecule has 1 nitrogen and oxygen atoms in total. The van der Waals surface area contributed by atoms with Gasteiger partial charge < -0.3 is 0 Å². The van der Waals surface area contributed by atoms with Crippen LogP contribution in [0.1, 0.15) is 85.7 Å². The number of hydrogen-bond acceptors (Lipinski definition) is 2. The van der Waals surface area contributed by atoms with Crippen LogP contribution in [-0.2, 0) is 0 Å². The lowest BCUT2D eigenvalue weighted by Gasteiger charge is -2.00. The number of unbranched alkanes of at least 4 members (excludes halogenated alkanes) is 9. The van der Waals surface area contributed by atoms with Crippen molar-refractivity contribution in [3.63, 3.8) is 0 Å². The Balaban J connectivity index is 1.96. The maximum atomic E-state index is 10.5. The summed E-state index contributed by atoms with van der Waals surface area (Å²) in [6, 6.07) is 3.76. The summed E-state index contributed by atoms with van der Waals surface area (Å²) in [7, 11) is 0. The Morgan fingerprint density at radius 3 is 2.25 bits per heavy atom. The quantitative estimate of drug-likeness (QED) is 0.301. The fourth-order valence-corrected chi connectivity index (χ4v) is 2.85. The molecule has 2 heteroatoms. The molecule has 0 spiro atoms. The van der Waals surface area contributed by atoms with Gasteiger partial charge in [-0.1, -0.05) is 70.1 Å². The van der Waals surface area contributed by atoms with Crippen LogP contribution in [0.25, 0.3) is 0 Å². The minimum Gasteiger partial charge on any atom is -0.297 e. The molecule has 0 aliphatic carbocycles. The van der Waals surface area contributed by atoms with E-state index in [-0.39, 0.29) is 0 Å². The van der Waals surface area contributed by atoms with Crippen molar-refractivity contribution >= 4 is 17.6 Å². The zero-order valence-corrected chi connectivity index (χ0v) is 13.4. The molecule has 0 bridgehead atoms. The highest BCUT2D eigenvalue weighted by Gasteiger charge is 1.94. The molecular weight excluding hydrogens is 264 g/mol. The van der Waals surface area contributed by atoms with Gasteiger partial charge in [-0.15, -0.1) is 11.3 Å². The van der Waals surface area contributed by atoms with Gasteiger partial charge in [-0.05, 0) is 18.6 Å². The van der Waals surface area contributed by atoms with E-state index < -0.39 is 0 Å². The average molecular weight is 290 g/mol. The first-order chi connectivity index (χ1) is 9.86. The molecule has 1 heterocycles. The maximum Gasteiger partial charge on any atom is 0.160 e. The number of rotatable bonds is 10. The van der Waals surface area contributed by atoms with Gasteiger partial charge in [0.2, 0.25) is 0 Å². The molecule has 0 amide bonds. The monoisotopic (exact) mass is 290 g/mol. The van der Waals surface area contributed by atoms with E-state index in [1.807, 2.05) is 12.1 Å². The summed E-state index contributed by atoms with van der Waals surface area (Å²) in [4.78, 5) is 12.3. The summed E-state index contributed by atoms with van der Waals surface area (Å²) in [5.74, 6) is 6.34. The fourth-order valence-electron chi connectivity index (χ4n) is 2.16. The summed E-state index contributed by atoms with van der Waals surface area (Å²) in [5.41, 5.74) is 0. The summed E-state index contributed by atoms with van der Waals surface area (Å²) in [6.45, 7) is 2.26. The third kappa shape index (κ3) is 8.17. The van der Waals surface area contributed by atoms with Crippen molar-refractivity contribution in [2.45, 2.75) is 71.1 Å². The van der Waals surface area contributed by atoms with E-state index in [0.29, 0.717) is 0 Å². The highest BCUT2D eigenvalue weighted by atomic mass is 32.1. The number of carbonyl (C=O) groups is 1. The van der Waals surface area contributed by atoms with Crippen LogP contribution in [0.3, 0.4) is 0 Å². The van der Waals surface area contributed by atoms with E-state index in [1.165, 1.54) is 69.1 Å². The first-order valence-corrected chi connectivity index (χ1v) is 8.72. The van der Waals surface area contributed by atoms with Gasteiger partial charge in [-0.2, -0.15) is 0 Å². The van der Waals surface area contributed by atoms with Crippen LogP contribution in [0.5, 0.6) is 0 Å². The number of thiophene rings is 1. The molecule has 0 saturated carbocycles. The van der Waals surface area contributed by atoms with Gasteiger partial charge in [-0.3, -0.25) is 4.79 Å². The van der Waals surface area contributed by atoms with E-state index in [0.717, 1.165) is 22.5 Å². The predicted molar refractivity (Wildman–Crippen MR) is 88.4 cm³/mol. The molecule has 0 aliphatic heterocycles. The Bertz CT molecular complexity index is 422. The Labute approximate surface area is 127 Å². The van der Waals surface area contributed by atoms with Crippen LogP contribution < -0.4 is 0 Å². The van der Waals surface area contributed by atoms with Crippen LogP contribution in [0.15, 0.2) is 12.1 Å². The summed E-state index contributed by atoms with van der Waals surface area (Å²) < 4.78 is 0. The van der Waals surface area contributed by atoms with E-state index in [9.17, 15) is 4.79 Å². The molecule has 0 radical (unpaired) electrons. The van der Waals surface area contributed by atoms with Gasteiger partial charge in [-0.25, -0.2) is 0 Å². The smallest absolute Gasteiger partial charge is 0.160 e. The Morgan fingerprint density at radius 2 is 1.65 bits per heavy atom. The van der Waals surface area contributed by atoms with Gasteiger partial charge in [0, 0.05) is 6.42 Å². The average Bonchev–Trinajstić information content (AvgIpc) is 2.93. The van der Waals surface area contributed by atoms with Crippen LogP contribution >= 0.6 is 11.3 Å². The van der Waals surface area contributed by atoms with Crippen molar-refractivity contribution in [3.05, 3.63) is 21.9 Å². The second-order valence-corrected chi connectivity index (χ2v) is 6.32. The van der Waals surface area contributed by atoms with Crippen LogP contribution in [-0.4, -0.2) is 6.29 Å². The Kier molecular flexibility index (Phi) is 9.96. The highest BCUT2D eigenvalue weighted by molar-refractivity contribution is 7.14. The first kappa shape index (κ1) is 17.0. The number of aldehydes is 1. The molecule has 20 heavy (non-hydrogen) atoms. The third-order valence-corrected chi connectivity index (χ3v) is 4.29. The van der Waals surface area contributed by atoms with Crippen molar-refractivity contribution in [1.82, 2.24) is 0 Å². The van der Waals surface area contributed by atoms with Crippen LogP contribution in [0, 0.1) is 11.8 Å². The standard InChI is InChI=1S/C18H26OS/c1-2-3-4-5-6-7-8-9-10-11-12-13-17-14-15-18(16-19)20-17/h14-16H,2-11H2,1H3. The lowest BCUT2D eigenvalue weighted by molar-refractivity contribution is 0.112. The molecule has 1 rings (SSSR count). The summed E-state index contributed by atoms with van der Waals surface area (Å²) in [6.07, 6.45) is 14.0. The lowest BCUT2D eigenvalue weighted by atomic mass is 10.1. The molecular formula is C18H26OS. The van der Waals surface area contributed by atoms with Crippen molar-refractivity contribution in [2.75, 3.05) is 0 Å². The summed E-state index contributed by atoms with van der Waals surface area (Å²) in [5, 5.41) is 0. The largest absolute Gasteiger partial charge is 0.297 e. The van der Waals surface area contributed by atoms with E-state index in [4.69, 9.17) is 0 Å². The Morgan fingerprint density at radius 1 is 1.00 bits per heavy atom. The molecule has 0 saturated heterocycles. The molecule has 1 aromatic rings.